The van der Waals surface area contributed by atoms with Crippen molar-refractivity contribution in [3.8, 4) is 0 Å². The molecular formula is C15H15NO3S. The number of benzene rings is 1. The standard InChI is InChI=1S/C15H15NO3S/c17-13(18)9-15(5-1-6-15)16-14(19)11-2-3-12-10(8-11)4-7-20-12/h2-4,7-8H,1,5-6,9H2,(H,16,19)(H,17,18). The van der Waals surface area contributed by atoms with Crippen molar-refractivity contribution in [2.45, 2.75) is 31.2 Å². The van der Waals surface area contributed by atoms with Gasteiger partial charge in [-0.3, -0.25) is 9.59 Å². The van der Waals surface area contributed by atoms with E-state index < -0.39 is 11.5 Å². The average molecular weight is 289 g/mol. The molecule has 0 aliphatic heterocycles. The highest BCUT2D eigenvalue weighted by Gasteiger charge is 2.40. The minimum atomic E-state index is -0.863. The van der Waals surface area contributed by atoms with E-state index in [1.165, 1.54) is 0 Å². The van der Waals surface area contributed by atoms with E-state index in [1.807, 2.05) is 23.6 Å². The smallest absolute Gasteiger partial charge is 0.305 e. The Kier molecular flexibility index (Phi) is 3.22. The third-order valence-corrected chi connectivity index (χ3v) is 4.79. The molecule has 0 spiro atoms. The number of carboxylic acids is 1. The van der Waals surface area contributed by atoms with Gasteiger partial charge in [-0.25, -0.2) is 0 Å². The maximum absolute atomic E-state index is 12.3. The lowest BCUT2D eigenvalue weighted by molar-refractivity contribution is -0.139. The zero-order valence-corrected chi connectivity index (χ0v) is 11.7. The van der Waals surface area contributed by atoms with Gasteiger partial charge in [-0.1, -0.05) is 0 Å². The molecule has 20 heavy (non-hydrogen) atoms. The van der Waals surface area contributed by atoms with Gasteiger partial charge >= 0.3 is 5.97 Å². The summed E-state index contributed by atoms with van der Waals surface area (Å²) in [5.41, 5.74) is 0.0412. The van der Waals surface area contributed by atoms with Crippen molar-refractivity contribution in [1.82, 2.24) is 5.32 Å². The predicted molar refractivity (Wildman–Crippen MR) is 78.1 cm³/mol. The topological polar surface area (TPSA) is 66.4 Å². The number of fused-ring (bicyclic) bond motifs is 1. The van der Waals surface area contributed by atoms with Gasteiger partial charge in [0.1, 0.15) is 0 Å². The van der Waals surface area contributed by atoms with Crippen molar-refractivity contribution in [2.24, 2.45) is 0 Å². The van der Waals surface area contributed by atoms with Gasteiger partial charge in [-0.2, -0.15) is 0 Å². The van der Waals surface area contributed by atoms with E-state index in [9.17, 15) is 9.59 Å². The van der Waals surface area contributed by atoms with Crippen LogP contribution in [0.3, 0.4) is 0 Å². The first-order valence-corrected chi connectivity index (χ1v) is 7.48. The highest BCUT2D eigenvalue weighted by atomic mass is 32.1. The number of hydrogen-bond donors (Lipinski definition) is 2. The monoisotopic (exact) mass is 289 g/mol. The molecule has 1 heterocycles. The molecule has 1 saturated carbocycles. The number of hydrogen-bond acceptors (Lipinski definition) is 3. The molecule has 1 amide bonds. The highest BCUT2D eigenvalue weighted by Crippen LogP contribution is 2.35. The fourth-order valence-electron chi connectivity index (χ4n) is 2.66. The van der Waals surface area contributed by atoms with Crippen LogP contribution in [-0.2, 0) is 4.79 Å². The van der Waals surface area contributed by atoms with Crippen molar-refractivity contribution in [1.29, 1.82) is 0 Å². The van der Waals surface area contributed by atoms with Crippen LogP contribution in [0, 0.1) is 0 Å². The lowest BCUT2D eigenvalue weighted by Crippen LogP contribution is -2.54. The molecule has 1 aromatic heterocycles. The molecule has 104 valence electrons. The first-order valence-electron chi connectivity index (χ1n) is 6.60. The fraction of sp³-hybridized carbons (Fsp3) is 0.333. The Balaban J connectivity index is 1.79. The highest BCUT2D eigenvalue weighted by molar-refractivity contribution is 7.17. The maximum Gasteiger partial charge on any atom is 0.305 e. The summed E-state index contributed by atoms with van der Waals surface area (Å²) in [6.07, 6.45) is 2.45. The molecule has 2 aromatic rings. The van der Waals surface area contributed by atoms with Crippen LogP contribution in [0.2, 0.25) is 0 Å². The molecule has 0 saturated heterocycles. The summed E-state index contributed by atoms with van der Waals surface area (Å²) in [4.78, 5) is 23.2. The average Bonchev–Trinajstić information content (AvgIpc) is 2.82. The van der Waals surface area contributed by atoms with E-state index in [4.69, 9.17) is 5.11 Å². The van der Waals surface area contributed by atoms with E-state index in [1.54, 1.807) is 17.4 Å². The Hall–Kier alpha value is -1.88. The second-order valence-electron chi connectivity index (χ2n) is 5.33. The van der Waals surface area contributed by atoms with Gasteiger partial charge in [0, 0.05) is 10.3 Å². The maximum atomic E-state index is 12.3. The van der Waals surface area contributed by atoms with Crippen molar-refractivity contribution in [3.05, 3.63) is 35.2 Å². The Bertz CT molecular complexity index is 673. The van der Waals surface area contributed by atoms with Gasteiger partial charge in [0.15, 0.2) is 0 Å². The molecule has 0 bridgehead atoms. The molecule has 1 fully saturated rings. The largest absolute Gasteiger partial charge is 0.481 e. The third kappa shape index (κ3) is 2.41. The van der Waals surface area contributed by atoms with Gasteiger partial charge in [-0.15, -0.1) is 11.3 Å². The molecule has 4 nitrogen and oxygen atoms in total. The van der Waals surface area contributed by atoms with E-state index in [-0.39, 0.29) is 12.3 Å². The first kappa shape index (κ1) is 13.1. The number of thiophene rings is 1. The SMILES string of the molecule is O=C(O)CC1(NC(=O)c2ccc3sccc3c2)CCC1. The van der Waals surface area contributed by atoms with Crippen LogP contribution in [0.5, 0.6) is 0 Å². The van der Waals surface area contributed by atoms with E-state index in [2.05, 4.69) is 5.32 Å². The molecular weight excluding hydrogens is 274 g/mol. The zero-order chi connectivity index (χ0) is 14.2. The van der Waals surface area contributed by atoms with Crippen LogP contribution in [0.15, 0.2) is 29.6 Å². The van der Waals surface area contributed by atoms with Gasteiger partial charge in [0.25, 0.3) is 5.91 Å². The van der Waals surface area contributed by atoms with Crippen LogP contribution in [0.25, 0.3) is 10.1 Å². The first-order chi connectivity index (χ1) is 9.58. The molecule has 1 aliphatic carbocycles. The van der Waals surface area contributed by atoms with E-state index in [0.717, 1.165) is 29.3 Å². The molecule has 3 rings (SSSR count). The second kappa shape index (κ2) is 4.90. The van der Waals surface area contributed by atoms with Gasteiger partial charge < -0.3 is 10.4 Å². The third-order valence-electron chi connectivity index (χ3n) is 3.89. The van der Waals surface area contributed by atoms with E-state index >= 15 is 0 Å². The number of aliphatic carboxylic acids is 1. The number of nitrogens with one attached hydrogen (secondary N) is 1. The van der Waals surface area contributed by atoms with Crippen molar-refractivity contribution in [2.75, 3.05) is 0 Å². The summed E-state index contributed by atoms with van der Waals surface area (Å²) in [5.74, 6) is -1.04. The summed E-state index contributed by atoms with van der Waals surface area (Å²) < 4.78 is 1.14. The summed E-state index contributed by atoms with van der Waals surface area (Å²) >= 11 is 1.64. The van der Waals surface area contributed by atoms with Crippen LogP contribution in [0.1, 0.15) is 36.0 Å². The minimum absolute atomic E-state index is 0.000560. The van der Waals surface area contributed by atoms with Crippen molar-refractivity contribution < 1.29 is 14.7 Å². The lowest BCUT2D eigenvalue weighted by Gasteiger charge is -2.41. The molecule has 0 radical (unpaired) electrons. The van der Waals surface area contributed by atoms with Crippen LogP contribution >= 0.6 is 11.3 Å². The van der Waals surface area contributed by atoms with Crippen molar-refractivity contribution in [3.63, 3.8) is 0 Å². The summed E-state index contributed by atoms with van der Waals surface area (Å²) in [5, 5.41) is 14.9. The van der Waals surface area contributed by atoms with Crippen LogP contribution in [-0.4, -0.2) is 22.5 Å². The van der Waals surface area contributed by atoms with Gasteiger partial charge in [0.05, 0.1) is 12.0 Å². The quantitative estimate of drug-likeness (QED) is 0.909. The summed E-state index contributed by atoms with van der Waals surface area (Å²) in [7, 11) is 0. The Labute approximate surface area is 120 Å². The minimum Gasteiger partial charge on any atom is -0.481 e. The predicted octanol–water partition coefficient (Wildman–Crippen LogP) is 3.03. The number of carbonyl (C=O) groups is 2. The number of carboxylic acid groups (broad SMARTS) is 1. The molecule has 2 N–H and O–H groups in total. The summed E-state index contributed by atoms with van der Waals surface area (Å²) in [6.45, 7) is 0. The normalized spacial score (nSPS) is 16.6. The van der Waals surface area contributed by atoms with Gasteiger partial charge in [-0.05, 0) is 54.3 Å². The molecule has 0 atom stereocenters. The summed E-state index contributed by atoms with van der Waals surface area (Å²) in [6, 6.07) is 7.56. The molecule has 0 unspecified atom stereocenters. The number of carbonyl (C=O) groups excluding carboxylic acids is 1. The Morgan fingerprint density at radius 1 is 1.30 bits per heavy atom. The van der Waals surface area contributed by atoms with Crippen LogP contribution < -0.4 is 5.32 Å². The number of amides is 1. The Morgan fingerprint density at radius 2 is 2.10 bits per heavy atom. The second-order valence-corrected chi connectivity index (χ2v) is 6.28. The molecule has 5 heteroatoms. The van der Waals surface area contributed by atoms with E-state index in [0.29, 0.717) is 5.56 Å². The van der Waals surface area contributed by atoms with Gasteiger partial charge in [0.2, 0.25) is 0 Å². The molecule has 1 aliphatic rings. The van der Waals surface area contributed by atoms with Crippen LogP contribution in [0.4, 0.5) is 0 Å². The fourth-order valence-corrected chi connectivity index (χ4v) is 3.43. The van der Waals surface area contributed by atoms with Crippen molar-refractivity contribution >= 4 is 33.3 Å². The Morgan fingerprint density at radius 3 is 2.75 bits per heavy atom. The lowest BCUT2D eigenvalue weighted by atomic mass is 9.74. The molecule has 1 aromatic carbocycles. The zero-order valence-electron chi connectivity index (χ0n) is 10.9. The number of rotatable bonds is 4.